The van der Waals surface area contributed by atoms with E-state index in [0.717, 1.165) is 58.3 Å². The Morgan fingerprint density at radius 2 is 1.55 bits per heavy atom. The summed E-state index contributed by atoms with van der Waals surface area (Å²) >= 11 is 0. The van der Waals surface area contributed by atoms with E-state index < -0.39 is 0 Å². The lowest BCUT2D eigenvalue weighted by Gasteiger charge is -2.28. The van der Waals surface area contributed by atoms with Gasteiger partial charge in [-0.05, 0) is 56.5 Å². The Hall–Kier alpha value is -0.570. The van der Waals surface area contributed by atoms with E-state index >= 15 is 0 Å². The van der Waals surface area contributed by atoms with Gasteiger partial charge in [-0.15, -0.1) is 0 Å². The average molecular weight is 282 g/mol. The standard InChI is InChI=1S/C17H34N2O/c1-14(2)7-11-19(12-8-15(3)4)17(20)13-16-5-9-18-10-6-16/h14-16,18H,5-13H2,1-4H3. The molecule has 118 valence electrons. The summed E-state index contributed by atoms with van der Waals surface area (Å²) in [5.41, 5.74) is 0. The van der Waals surface area contributed by atoms with Gasteiger partial charge in [0.05, 0.1) is 0 Å². The molecule has 1 rings (SSSR count). The zero-order valence-electron chi connectivity index (χ0n) is 14.0. The second-order valence-electron chi connectivity index (χ2n) is 7.14. The van der Waals surface area contributed by atoms with Crippen LogP contribution in [0.1, 0.15) is 59.8 Å². The van der Waals surface area contributed by atoms with Crippen LogP contribution < -0.4 is 5.32 Å². The SMILES string of the molecule is CC(C)CCN(CCC(C)C)C(=O)CC1CCNCC1. The van der Waals surface area contributed by atoms with Crippen molar-refractivity contribution in [2.45, 2.75) is 59.8 Å². The van der Waals surface area contributed by atoms with Crippen molar-refractivity contribution >= 4 is 5.91 Å². The number of amides is 1. The van der Waals surface area contributed by atoms with Crippen LogP contribution >= 0.6 is 0 Å². The lowest BCUT2D eigenvalue weighted by molar-refractivity contribution is -0.132. The molecule has 0 aromatic carbocycles. The zero-order valence-corrected chi connectivity index (χ0v) is 14.0. The molecule has 1 heterocycles. The van der Waals surface area contributed by atoms with E-state index in [-0.39, 0.29) is 0 Å². The molecule has 1 aliphatic heterocycles. The van der Waals surface area contributed by atoms with Gasteiger partial charge in [0.1, 0.15) is 0 Å². The third kappa shape index (κ3) is 7.28. The van der Waals surface area contributed by atoms with E-state index in [1.165, 1.54) is 0 Å². The maximum atomic E-state index is 12.5. The predicted octanol–water partition coefficient (Wildman–Crippen LogP) is 3.30. The number of piperidine rings is 1. The van der Waals surface area contributed by atoms with E-state index in [9.17, 15) is 4.79 Å². The molecular formula is C17H34N2O. The van der Waals surface area contributed by atoms with Crippen LogP contribution in [0.4, 0.5) is 0 Å². The quantitative estimate of drug-likeness (QED) is 0.741. The smallest absolute Gasteiger partial charge is 0.222 e. The maximum Gasteiger partial charge on any atom is 0.222 e. The lowest BCUT2D eigenvalue weighted by Crippen LogP contribution is -2.37. The summed E-state index contributed by atoms with van der Waals surface area (Å²) in [6.07, 6.45) is 5.33. The fraction of sp³-hybridized carbons (Fsp3) is 0.941. The minimum absolute atomic E-state index is 0.387. The summed E-state index contributed by atoms with van der Waals surface area (Å²) in [7, 11) is 0. The first-order chi connectivity index (χ1) is 9.49. The largest absolute Gasteiger partial charge is 0.343 e. The molecule has 1 amide bonds. The van der Waals surface area contributed by atoms with Gasteiger partial charge in [0.2, 0.25) is 5.91 Å². The Labute approximate surface area is 125 Å². The highest BCUT2D eigenvalue weighted by Gasteiger charge is 2.21. The van der Waals surface area contributed by atoms with Crippen LogP contribution in [-0.4, -0.2) is 37.0 Å². The first kappa shape index (κ1) is 17.5. The van der Waals surface area contributed by atoms with Crippen molar-refractivity contribution in [3.05, 3.63) is 0 Å². The molecule has 0 saturated carbocycles. The normalized spacial score (nSPS) is 16.9. The molecule has 0 aliphatic carbocycles. The summed E-state index contributed by atoms with van der Waals surface area (Å²) in [6, 6.07) is 0. The van der Waals surface area contributed by atoms with E-state index in [1.807, 2.05) is 0 Å². The Morgan fingerprint density at radius 3 is 2.00 bits per heavy atom. The summed E-state index contributed by atoms with van der Waals surface area (Å²) in [4.78, 5) is 14.7. The molecule has 0 aromatic rings. The lowest BCUT2D eigenvalue weighted by atomic mass is 9.94. The summed E-state index contributed by atoms with van der Waals surface area (Å²) in [5.74, 6) is 2.33. The fourth-order valence-electron chi connectivity index (χ4n) is 2.65. The summed E-state index contributed by atoms with van der Waals surface area (Å²) in [6.45, 7) is 13.0. The number of nitrogens with one attached hydrogen (secondary N) is 1. The van der Waals surface area contributed by atoms with Gasteiger partial charge in [-0.25, -0.2) is 0 Å². The molecule has 0 aromatic heterocycles. The number of carbonyl (C=O) groups excluding carboxylic acids is 1. The van der Waals surface area contributed by atoms with Crippen LogP contribution in [0.25, 0.3) is 0 Å². The van der Waals surface area contributed by atoms with E-state index in [0.29, 0.717) is 23.7 Å². The molecule has 0 atom stereocenters. The van der Waals surface area contributed by atoms with Gasteiger partial charge in [-0.3, -0.25) is 4.79 Å². The zero-order chi connectivity index (χ0) is 15.0. The third-order valence-electron chi connectivity index (χ3n) is 4.23. The Bertz CT molecular complexity index is 258. The Balaban J connectivity index is 2.43. The highest BCUT2D eigenvalue weighted by Crippen LogP contribution is 2.18. The first-order valence-electron chi connectivity index (χ1n) is 8.47. The van der Waals surface area contributed by atoms with Crippen LogP contribution in [0.3, 0.4) is 0 Å². The van der Waals surface area contributed by atoms with Gasteiger partial charge in [-0.1, -0.05) is 27.7 Å². The number of hydrogen-bond acceptors (Lipinski definition) is 2. The second-order valence-corrected chi connectivity index (χ2v) is 7.14. The van der Waals surface area contributed by atoms with Crippen LogP contribution in [0.5, 0.6) is 0 Å². The van der Waals surface area contributed by atoms with Gasteiger partial charge < -0.3 is 10.2 Å². The second kappa shape index (κ2) is 9.38. The fourth-order valence-corrected chi connectivity index (χ4v) is 2.65. The van der Waals surface area contributed by atoms with Gasteiger partial charge >= 0.3 is 0 Å². The van der Waals surface area contributed by atoms with Gasteiger partial charge in [0, 0.05) is 19.5 Å². The number of carbonyl (C=O) groups is 1. The number of rotatable bonds is 8. The summed E-state index contributed by atoms with van der Waals surface area (Å²) in [5, 5.41) is 3.37. The van der Waals surface area contributed by atoms with Crippen LogP contribution in [0.2, 0.25) is 0 Å². The third-order valence-corrected chi connectivity index (χ3v) is 4.23. The van der Waals surface area contributed by atoms with Crippen molar-refractivity contribution in [3.8, 4) is 0 Å². The molecule has 3 nitrogen and oxygen atoms in total. The molecule has 1 N–H and O–H groups in total. The van der Waals surface area contributed by atoms with Crippen molar-refractivity contribution < 1.29 is 4.79 Å². The Morgan fingerprint density at radius 1 is 1.05 bits per heavy atom. The van der Waals surface area contributed by atoms with Gasteiger partial charge in [0.15, 0.2) is 0 Å². The Kier molecular flexibility index (Phi) is 8.20. The minimum atomic E-state index is 0.387. The maximum absolute atomic E-state index is 12.5. The number of nitrogens with zero attached hydrogens (tertiary/aromatic N) is 1. The highest BCUT2D eigenvalue weighted by molar-refractivity contribution is 5.76. The van der Waals surface area contributed by atoms with Gasteiger partial charge in [0.25, 0.3) is 0 Å². The monoisotopic (exact) mass is 282 g/mol. The van der Waals surface area contributed by atoms with Crippen molar-refractivity contribution in [3.63, 3.8) is 0 Å². The van der Waals surface area contributed by atoms with E-state index in [4.69, 9.17) is 0 Å². The summed E-state index contributed by atoms with van der Waals surface area (Å²) < 4.78 is 0. The minimum Gasteiger partial charge on any atom is -0.343 e. The molecule has 0 spiro atoms. The number of hydrogen-bond donors (Lipinski definition) is 1. The highest BCUT2D eigenvalue weighted by atomic mass is 16.2. The molecular weight excluding hydrogens is 248 g/mol. The van der Waals surface area contributed by atoms with Crippen LogP contribution in [0.15, 0.2) is 0 Å². The molecule has 1 fully saturated rings. The molecule has 1 saturated heterocycles. The predicted molar refractivity (Wildman–Crippen MR) is 85.7 cm³/mol. The van der Waals surface area contributed by atoms with Crippen LogP contribution in [-0.2, 0) is 4.79 Å². The van der Waals surface area contributed by atoms with Crippen molar-refractivity contribution in [1.29, 1.82) is 0 Å². The van der Waals surface area contributed by atoms with E-state index in [1.54, 1.807) is 0 Å². The topological polar surface area (TPSA) is 32.3 Å². The average Bonchev–Trinajstić information content (AvgIpc) is 2.39. The van der Waals surface area contributed by atoms with Crippen molar-refractivity contribution in [2.24, 2.45) is 17.8 Å². The van der Waals surface area contributed by atoms with Gasteiger partial charge in [-0.2, -0.15) is 0 Å². The van der Waals surface area contributed by atoms with Crippen LogP contribution in [0, 0.1) is 17.8 Å². The molecule has 0 bridgehead atoms. The molecule has 3 heteroatoms. The molecule has 0 unspecified atom stereocenters. The van der Waals surface area contributed by atoms with Crippen molar-refractivity contribution in [1.82, 2.24) is 10.2 Å². The molecule has 0 radical (unpaired) electrons. The van der Waals surface area contributed by atoms with E-state index in [2.05, 4.69) is 37.9 Å². The molecule has 20 heavy (non-hydrogen) atoms. The first-order valence-corrected chi connectivity index (χ1v) is 8.47. The molecule has 1 aliphatic rings. The van der Waals surface area contributed by atoms with Crippen molar-refractivity contribution in [2.75, 3.05) is 26.2 Å².